The Morgan fingerprint density at radius 3 is 2.24 bits per heavy atom. The van der Waals surface area contributed by atoms with Crippen molar-refractivity contribution in [2.45, 2.75) is 20.5 Å². The summed E-state index contributed by atoms with van der Waals surface area (Å²) in [5.41, 5.74) is 3.48. The molecule has 0 saturated heterocycles. The van der Waals surface area contributed by atoms with Gasteiger partial charge >= 0.3 is 0 Å². The maximum atomic E-state index is 12.6. The molecule has 0 spiro atoms. The van der Waals surface area contributed by atoms with E-state index >= 15 is 0 Å². The van der Waals surface area contributed by atoms with Crippen LogP contribution in [0, 0.1) is 18.3 Å². The fourth-order valence-electron chi connectivity index (χ4n) is 2.96. The van der Waals surface area contributed by atoms with Crippen molar-refractivity contribution in [3.8, 4) is 17.6 Å². The van der Waals surface area contributed by atoms with Gasteiger partial charge in [0, 0.05) is 5.69 Å². The highest BCUT2D eigenvalue weighted by Crippen LogP contribution is 2.36. The molecule has 0 aliphatic heterocycles. The number of halogens is 2. The first kappa shape index (κ1) is 24.6. The van der Waals surface area contributed by atoms with E-state index in [4.69, 9.17) is 9.47 Å². The molecule has 0 saturated carbocycles. The first-order valence-electron chi connectivity index (χ1n) is 10.2. The van der Waals surface area contributed by atoms with Gasteiger partial charge in [0.1, 0.15) is 29.7 Å². The van der Waals surface area contributed by atoms with E-state index in [0.717, 1.165) is 5.56 Å². The molecule has 0 aliphatic rings. The maximum absolute atomic E-state index is 12.6. The van der Waals surface area contributed by atoms with Crippen molar-refractivity contribution in [3.63, 3.8) is 0 Å². The molecule has 0 radical (unpaired) electrons. The van der Waals surface area contributed by atoms with E-state index in [1.807, 2.05) is 44.2 Å². The Labute approximate surface area is 210 Å². The number of aryl methyl sites for hydroxylation is 1. The molecule has 1 N–H and O–H groups in total. The standard InChI is InChI=1S/C26H22Br2N2O3/c1-3-32-22-10-8-21(9-11-22)30-26(31)20(15-29)12-19-13-23(27)25(24(28)14-19)33-16-18-6-4-17(2)5-7-18/h4-14H,3,16H2,1-2H3,(H,30,31)/b20-12-. The third kappa shape index (κ3) is 6.95. The Bertz CT molecular complexity index is 1170. The predicted molar refractivity (Wildman–Crippen MR) is 137 cm³/mol. The third-order valence-corrected chi connectivity index (χ3v) is 5.80. The summed E-state index contributed by atoms with van der Waals surface area (Å²) in [5.74, 6) is 0.865. The van der Waals surface area contributed by atoms with Gasteiger partial charge in [-0.25, -0.2) is 0 Å². The van der Waals surface area contributed by atoms with Crippen molar-refractivity contribution in [2.24, 2.45) is 0 Å². The summed E-state index contributed by atoms with van der Waals surface area (Å²) in [6.07, 6.45) is 1.53. The van der Waals surface area contributed by atoms with E-state index in [1.165, 1.54) is 11.6 Å². The molecule has 0 heterocycles. The van der Waals surface area contributed by atoms with Crippen LogP contribution in [-0.2, 0) is 11.4 Å². The second kappa shape index (κ2) is 11.7. The van der Waals surface area contributed by atoms with Crippen LogP contribution in [0.4, 0.5) is 5.69 Å². The highest BCUT2D eigenvalue weighted by molar-refractivity contribution is 9.11. The third-order valence-electron chi connectivity index (χ3n) is 4.62. The summed E-state index contributed by atoms with van der Waals surface area (Å²) < 4.78 is 12.8. The number of carbonyl (C=O) groups is 1. The van der Waals surface area contributed by atoms with Crippen molar-refractivity contribution < 1.29 is 14.3 Å². The topological polar surface area (TPSA) is 71.3 Å². The lowest BCUT2D eigenvalue weighted by molar-refractivity contribution is -0.112. The molecule has 3 aromatic rings. The first-order chi connectivity index (χ1) is 15.9. The summed E-state index contributed by atoms with van der Waals surface area (Å²) in [5, 5.41) is 12.3. The van der Waals surface area contributed by atoms with Crippen LogP contribution in [0.1, 0.15) is 23.6 Å². The number of benzene rings is 3. The zero-order valence-electron chi connectivity index (χ0n) is 18.2. The minimum atomic E-state index is -0.492. The van der Waals surface area contributed by atoms with Gasteiger partial charge in [-0.15, -0.1) is 0 Å². The Morgan fingerprint density at radius 2 is 1.67 bits per heavy atom. The second-order valence-electron chi connectivity index (χ2n) is 7.17. The van der Waals surface area contributed by atoms with Crippen LogP contribution in [0.5, 0.6) is 11.5 Å². The molecule has 1 amide bonds. The summed E-state index contributed by atoms with van der Waals surface area (Å²) in [6.45, 7) is 4.92. The number of amides is 1. The molecule has 0 fully saturated rings. The van der Waals surface area contributed by atoms with Gasteiger partial charge in [0.25, 0.3) is 5.91 Å². The van der Waals surface area contributed by atoms with Crippen LogP contribution in [0.2, 0.25) is 0 Å². The quantitative estimate of drug-likeness (QED) is 0.233. The number of ether oxygens (including phenoxy) is 2. The number of hydrogen-bond donors (Lipinski definition) is 1. The van der Waals surface area contributed by atoms with Gasteiger partial charge in [-0.05, 0) is 99.3 Å². The smallest absolute Gasteiger partial charge is 0.266 e. The molecule has 0 unspecified atom stereocenters. The van der Waals surface area contributed by atoms with Crippen molar-refractivity contribution in [3.05, 3.63) is 91.9 Å². The average Bonchev–Trinajstić information content (AvgIpc) is 2.79. The average molecular weight is 570 g/mol. The lowest BCUT2D eigenvalue weighted by atomic mass is 10.1. The van der Waals surface area contributed by atoms with Gasteiger partial charge in [0.05, 0.1) is 15.6 Å². The molecule has 168 valence electrons. The van der Waals surface area contributed by atoms with Gasteiger partial charge in [0.15, 0.2) is 0 Å². The Balaban J connectivity index is 1.72. The molecule has 0 atom stereocenters. The lowest BCUT2D eigenvalue weighted by Gasteiger charge is -2.12. The normalized spacial score (nSPS) is 10.9. The van der Waals surface area contributed by atoms with E-state index in [1.54, 1.807) is 36.4 Å². The second-order valence-corrected chi connectivity index (χ2v) is 8.88. The molecule has 7 heteroatoms. The minimum Gasteiger partial charge on any atom is -0.494 e. The van der Waals surface area contributed by atoms with Gasteiger partial charge < -0.3 is 14.8 Å². The molecule has 0 aliphatic carbocycles. The van der Waals surface area contributed by atoms with Crippen molar-refractivity contribution in [1.82, 2.24) is 0 Å². The molecule has 0 aromatic heterocycles. The largest absolute Gasteiger partial charge is 0.494 e. The van der Waals surface area contributed by atoms with E-state index in [0.29, 0.717) is 44.9 Å². The van der Waals surface area contributed by atoms with Crippen LogP contribution < -0.4 is 14.8 Å². The zero-order valence-corrected chi connectivity index (χ0v) is 21.4. The van der Waals surface area contributed by atoms with Gasteiger partial charge in [-0.2, -0.15) is 5.26 Å². The van der Waals surface area contributed by atoms with Crippen molar-refractivity contribution in [1.29, 1.82) is 5.26 Å². The Hall–Kier alpha value is -3.08. The monoisotopic (exact) mass is 568 g/mol. The number of nitrogens with zero attached hydrogens (tertiary/aromatic N) is 1. The summed E-state index contributed by atoms with van der Waals surface area (Å²) >= 11 is 7.05. The molecule has 3 rings (SSSR count). The SMILES string of the molecule is CCOc1ccc(NC(=O)/C(C#N)=C\c2cc(Br)c(OCc3ccc(C)cc3)c(Br)c2)cc1. The van der Waals surface area contributed by atoms with Crippen LogP contribution in [0.15, 0.2) is 75.2 Å². The number of carbonyl (C=O) groups excluding carboxylic acids is 1. The minimum absolute atomic E-state index is 0.0176. The highest BCUT2D eigenvalue weighted by Gasteiger charge is 2.13. The zero-order chi connectivity index (χ0) is 23.8. The predicted octanol–water partition coefficient (Wildman–Crippen LogP) is 7.04. The van der Waals surface area contributed by atoms with Crippen LogP contribution in [-0.4, -0.2) is 12.5 Å². The number of nitriles is 1. The van der Waals surface area contributed by atoms with Gasteiger partial charge in [0.2, 0.25) is 0 Å². The van der Waals surface area contributed by atoms with Gasteiger partial charge in [-0.3, -0.25) is 4.79 Å². The fraction of sp³-hybridized carbons (Fsp3) is 0.154. The fourth-order valence-corrected chi connectivity index (χ4v) is 4.41. The number of rotatable bonds is 8. The Morgan fingerprint density at radius 1 is 1.03 bits per heavy atom. The molecule has 3 aromatic carbocycles. The van der Waals surface area contributed by atoms with Crippen molar-refractivity contribution >= 4 is 49.5 Å². The van der Waals surface area contributed by atoms with Crippen LogP contribution in [0.3, 0.4) is 0 Å². The first-order valence-corrected chi connectivity index (χ1v) is 11.8. The van der Waals surface area contributed by atoms with E-state index in [-0.39, 0.29) is 5.57 Å². The maximum Gasteiger partial charge on any atom is 0.266 e. The molecule has 0 bridgehead atoms. The summed E-state index contributed by atoms with van der Waals surface area (Å²) in [7, 11) is 0. The van der Waals surface area contributed by atoms with Crippen molar-refractivity contribution in [2.75, 3.05) is 11.9 Å². The number of anilines is 1. The van der Waals surface area contributed by atoms with Gasteiger partial charge in [-0.1, -0.05) is 29.8 Å². The van der Waals surface area contributed by atoms with E-state index in [9.17, 15) is 10.1 Å². The number of nitrogens with one attached hydrogen (secondary N) is 1. The number of hydrogen-bond acceptors (Lipinski definition) is 4. The lowest BCUT2D eigenvalue weighted by Crippen LogP contribution is -2.13. The Kier molecular flexibility index (Phi) is 8.70. The van der Waals surface area contributed by atoms with Crippen LogP contribution >= 0.6 is 31.9 Å². The van der Waals surface area contributed by atoms with E-state index < -0.39 is 5.91 Å². The molecular formula is C26H22Br2N2O3. The highest BCUT2D eigenvalue weighted by atomic mass is 79.9. The molecule has 5 nitrogen and oxygen atoms in total. The summed E-state index contributed by atoms with van der Waals surface area (Å²) in [6, 6.07) is 20.7. The summed E-state index contributed by atoms with van der Waals surface area (Å²) in [4.78, 5) is 12.6. The molecule has 33 heavy (non-hydrogen) atoms. The van der Waals surface area contributed by atoms with Crippen LogP contribution in [0.25, 0.3) is 6.08 Å². The molecular weight excluding hydrogens is 548 g/mol. The van der Waals surface area contributed by atoms with E-state index in [2.05, 4.69) is 37.2 Å².